The number of aromatic nitrogens is 3. The molecule has 5 rings (SSSR count). The zero-order valence-corrected chi connectivity index (χ0v) is 26.8. The summed E-state index contributed by atoms with van der Waals surface area (Å²) in [7, 11) is 3.98. The van der Waals surface area contributed by atoms with Crippen LogP contribution in [0.25, 0.3) is 0 Å². The Morgan fingerprint density at radius 2 is 1.37 bits per heavy atom. The van der Waals surface area contributed by atoms with Gasteiger partial charge in [-0.2, -0.15) is 39.5 Å². The van der Waals surface area contributed by atoms with Gasteiger partial charge in [-0.05, 0) is 25.1 Å². The Kier molecular flexibility index (Phi) is 14.7. The number of carbonyl (C=O) groups is 3. The van der Waals surface area contributed by atoms with Crippen LogP contribution in [0.2, 0.25) is 0 Å². The lowest BCUT2D eigenvalue weighted by Gasteiger charge is -2.35. The Balaban J connectivity index is 0.000000352. The maximum Gasteiger partial charge on any atom is 0.490 e. The van der Waals surface area contributed by atoms with Crippen molar-refractivity contribution in [1.29, 1.82) is 0 Å². The number of halogens is 9. The van der Waals surface area contributed by atoms with E-state index >= 15 is 0 Å². The van der Waals surface area contributed by atoms with Gasteiger partial charge in [0.1, 0.15) is 5.82 Å². The number of hydrogen-bond acceptors (Lipinski definition) is 11. The van der Waals surface area contributed by atoms with Crippen molar-refractivity contribution in [3.8, 4) is 0 Å². The van der Waals surface area contributed by atoms with E-state index in [1.807, 2.05) is 25.2 Å². The van der Waals surface area contributed by atoms with E-state index in [1.165, 1.54) is 5.69 Å². The average molecular weight is 753 g/mol. The van der Waals surface area contributed by atoms with Gasteiger partial charge in [0.05, 0.1) is 43.2 Å². The Morgan fingerprint density at radius 3 is 1.86 bits per heavy atom. The number of carboxylic acids is 3. The van der Waals surface area contributed by atoms with Gasteiger partial charge >= 0.3 is 36.4 Å². The van der Waals surface area contributed by atoms with Gasteiger partial charge in [0.25, 0.3) is 0 Å². The van der Waals surface area contributed by atoms with Gasteiger partial charge in [0.2, 0.25) is 5.95 Å². The lowest BCUT2D eigenvalue weighted by molar-refractivity contribution is -0.193. The van der Waals surface area contributed by atoms with Gasteiger partial charge in [-0.15, -0.1) is 0 Å². The number of rotatable bonds is 4. The van der Waals surface area contributed by atoms with E-state index in [9.17, 15) is 39.5 Å². The zero-order valence-electron chi connectivity index (χ0n) is 26.8. The van der Waals surface area contributed by atoms with Gasteiger partial charge in [-0.3, -0.25) is 4.90 Å². The Labute approximate surface area is 283 Å². The molecular formula is C28H33F9N6O8. The second kappa shape index (κ2) is 17.6. The molecule has 2 fully saturated rings. The van der Waals surface area contributed by atoms with Crippen LogP contribution >= 0.6 is 0 Å². The third-order valence-corrected chi connectivity index (χ3v) is 7.06. The Bertz CT molecular complexity index is 1430. The minimum absolute atomic E-state index is 0.0525. The minimum atomic E-state index is -5.08. The number of likely N-dealkylation sites (tertiary alicyclic amines) is 1. The Hall–Kier alpha value is -4.51. The van der Waals surface area contributed by atoms with E-state index in [0.717, 1.165) is 82.0 Å². The first-order valence-electron chi connectivity index (χ1n) is 14.5. The molecule has 5 heterocycles. The second-order valence-electron chi connectivity index (χ2n) is 11.2. The van der Waals surface area contributed by atoms with Crippen molar-refractivity contribution in [1.82, 2.24) is 19.9 Å². The predicted octanol–water partition coefficient (Wildman–Crippen LogP) is 3.35. The normalized spacial score (nSPS) is 18.9. The first kappa shape index (κ1) is 42.7. The van der Waals surface area contributed by atoms with E-state index < -0.39 is 36.4 Å². The summed E-state index contributed by atoms with van der Waals surface area (Å²) < 4.78 is 107. The SMILES string of the molecule is CN(C)c1ncc2c(n1)C1(CCN(Cc3cccc(N4CCOCC4)n3)C1)COC2.O=C(O)C(F)(F)F.O=C(O)C(F)(F)F.O=C(O)C(F)(F)F. The van der Waals surface area contributed by atoms with Crippen LogP contribution in [0.1, 0.15) is 23.4 Å². The monoisotopic (exact) mass is 752 g/mol. The third kappa shape index (κ3) is 13.3. The van der Waals surface area contributed by atoms with Crippen molar-refractivity contribution in [2.75, 3.05) is 69.9 Å². The molecule has 2 saturated heterocycles. The molecule has 0 amide bonds. The van der Waals surface area contributed by atoms with Crippen molar-refractivity contribution >= 4 is 29.7 Å². The molecule has 23 heteroatoms. The summed E-state index contributed by atoms with van der Waals surface area (Å²) in [6, 6.07) is 6.35. The van der Waals surface area contributed by atoms with Crippen LogP contribution in [0, 0.1) is 0 Å². The van der Waals surface area contributed by atoms with Crippen molar-refractivity contribution in [2.45, 2.75) is 43.5 Å². The maximum atomic E-state index is 10.6. The second-order valence-corrected chi connectivity index (χ2v) is 11.2. The molecule has 0 saturated carbocycles. The summed E-state index contributed by atoms with van der Waals surface area (Å²) in [5.74, 6) is -6.44. The molecule has 0 bridgehead atoms. The topological polar surface area (TPSA) is 179 Å². The van der Waals surface area contributed by atoms with E-state index in [1.54, 1.807) is 0 Å². The van der Waals surface area contributed by atoms with E-state index in [0.29, 0.717) is 6.61 Å². The number of ether oxygens (including phenoxy) is 2. The maximum absolute atomic E-state index is 10.6. The van der Waals surface area contributed by atoms with Crippen molar-refractivity contribution < 1.29 is 78.7 Å². The number of fused-ring (bicyclic) bond motifs is 2. The van der Waals surface area contributed by atoms with E-state index in [-0.39, 0.29) is 5.41 Å². The summed E-state index contributed by atoms with van der Waals surface area (Å²) in [6.45, 7) is 7.50. The lowest BCUT2D eigenvalue weighted by Crippen LogP contribution is -2.40. The molecule has 1 atom stereocenters. The zero-order chi connectivity index (χ0) is 38.8. The number of pyridine rings is 1. The van der Waals surface area contributed by atoms with Gasteiger partial charge < -0.3 is 34.6 Å². The summed E-state index contributed by atoms with van der Waals surface area (Å²) in [4.78, 5) is 47.8. The number of anilines is 2. The van der Waals surface area contributed by atoms with Crippen LogP contribution in [0.3, 0.4) is 0 Å². The van der Waals surface area contributed by atoms with Gasteiger partial charge in [-0.1, -0.05) is 6.07 Å². The first-order valence-corrected chi connectivity index (χ1v) is 14.5. The highest BCUT2D eigenvalue weighted by atomic mass is 19.4. The number of alkyl halides is 9. The summed E-state index contributed by atoms with van der Waals surface area (Å²) in [5.41, 5.74) is 3.36. The first-order chi connectivity index (χ1) is 23.5. The van der Waals surface area contributed by atoms with Crippen LogP contribution in [-0.4, -0.2) is 132 Å². The molecule has 286 valence electrons. The minimum Gasteiger partial charge on any atom is -0.475 e. The quantitative estimate of drug-likeness (QED) is 0.388. The summed E-state index contributed by atoms with van der Waals surface area (Å²) in [5, 5.41) is 21.4. The smallest absolute Gasteiger partial charge is 0.475 e. The van der Waals surface area contributed by atoms with Gasteiger partial charge in [0.15, 0.2) is 0 Å². The molecule has 2 aromatic heterocycles. The summed E-state index contributed by atoms with van der Waals surface area (Å²) in [6.07, 6.45) is -12.3. The largest absolute Gasteiger partial charge is 0.490 e. The number of morpholine rings is 1. The lowest BCUT2D eigenvalue weighted by atomic mass is 9.80. The number of carboxylic acid groups (broad SMARTS) is 3. The highest BCUT2D eigenvalue weighted by Crippen LogP contribution is 2.39. The number of nitrogens with zero attached hydrogens (tertiary/aromatic N) is 6. The molecular weight excluding hydrogens is 719 g/mol. The molecule has 14 nitrogen and oxygen atoms in total. The van der Waals surface area contributed by atoms with Crippen LogP contribution in [0.15, 0.2) is 24.4 Å². The number of aliphatic carboxylic acids is 3. The fourth-order valence-corrected chi connectivity index (χ4v) is 4.76. The predicted molar refractivity (Wildman–Crippen MR) is 156 cm³/mol. The number of hydrogen-bond donors (Lipinski definition) is 3. The van der Waals surface area contributed by atoms with E-state index in [2.05, 4.69) is 33.0 Å². The molecule has 1 spiro atoms. The summed E-state index contributed by atoms with van der Waals surface area (Å²) >= 11 is 0. The highest BCUT2D eigenvalue weighted by molar-refractivity contribution is 5.73. The molecule has 51 heavy (non-hydrogen) atoms. The molecule has 0 radical (unpaired) electrons. The van der Waals surface area contributed by atoms with Crippen molar-refractivity contribution in [3.05, 3.63) is 41.3 Å². The van der Waals surface area contributed by atoms with Crippen LogP contribution in [0.4, 0.5) is 51.3 Å². The van der Waals surface area contributed by atoms with Crippen molar-refractivity contribution in [2.24, 2.45) is 0 Å². The van der Waals surface area contributed by atoms with Crippen LogP contribution < -0.4 is 9.80 Å². The van der Waals surface area contributed by atoms with Crippen LogP contribution in [-0.2, 0) is 42.4 Å². The Morgan fingerprint density at radius 1 is 0.843 bits per heavy atom. The van der Waals surface area contributed by atoms with Crippen LogP contribution in [0.5, 0.6) is 0 Å². The highest BCUT2D eigenvalue weighted by Gasteiger charge is 2.45. The molecule has 3 N–H and O–H groups in total. The van der Waals surface area contributed by atoms with Crippen molar-refractivity contribution in [3.63, 3.8) is 0 Å². The molecule has 2 aromatic rings. The fourth-order valence-electron chi connectivity index (χ4n) is 4.76. The standard InChI is InChI=1S/C22H30N6O2.3C2HF3O2/c1-26(2)21-23-12-17-14-30-16-22(20(17)25-21)6-7-27(15-22)13-18-4-3-5-19(24-18)28-8-10-29-11-9-28;3*3-2(4,5)1(6)7/h3-5,12H,6-11,13-16H2,1-2H3;3*(H,6,7). The fraction of sp³-hybridized carbons (Fsp3) is 0.571. The third-order valence-electron chi connectivity index (χ3n) is 7.06. The molecule has 3 aliphatic heterocycles. The molecule has 3 aliphatic rings. The van der Waals surface area contributed by atoms with Gasteiger partial charge in [0, 0.05) is 52.0 Å². The van der Waals surface area contributed by atoms with Gasteiger partial charge in [-0.25, -0.2) is 29.3 Å². The average Bonchev–Trinajstić information content (AvgIpc) is 3.43. The van der Waals surface area contributed by atoms with E-state index in [4.69, 9.17) is 49.1 Å². The molecule has 0 aromatic carbocycles. The molecule has 1 unspecified atom stereocenters. The molecule has 0 aliphatic carbocycles.